The van der Waals surface area contributed by atoms with Gasteiger partial charge in [-0.2, -0.15) is 0 Å². The number of benzene rings is 1. The maximum absolute atomic E-state index is 11.3. The smallest absolute Gasteiger partial charge is 0.306 e. The monoisotopic (exact) mass is 236 g/mol. The van der Waals surface area contributed by atoms with Gasteiger partial charge >= 0.3 is 5.97 Å². The predicted molar refractivity (Wildman–Crippen MR) is 67.1 cm³/mol. The molecule has 3 nitrogen and oxygen atoms in total. The van der Waals surface area contributed by atoms with E-state index in [1.807, 2.05) is 6.07 Å². The van der Waals surface area contributed by atoms with Crippen molar-refractivity contribution >= 4 is 5.97 Å². The first-order chi connectivity index (χ1) is 8.17. The zero-order chi connectivity index (χ0) is 12.7. The summed E-state index contributed by atoms with van der Waals surface area (Å²) in [5.74, 6) is 0.122. The van der Waals surface area contributed by atoms with E-state index < -0.39 is 0 Å². The molecular weight excluding hydrogens is 216 g/mol. The van der Waals surface area contributed by atoms with Crippen molar-refractivity contribution in [3.8, 4) is 5.75 Å². The Morgan fingerprint density at radius 1 is 1.24 bits per heavy atom. The lowest BCUT2D eigenvalue weighted by Crippen LogP contribution is -2.06. The van der Waals surface area contributed by atoms with Gasteiger partial charge in [-0.25, -0.2) is 0 Å². The molecule has 1 aromatic rings. The zero-order valence-corrected chi connectivity index (χ0v) is 10.5. The minimum atomic E-state index is -0.164. The Balaban J connectivity index is 2.66. The zero-order valence-electron chi connectivity index (χ0n) is 10.5. The Morgan fingerprint density at radius 2 is 2.00 bits per heavy atom. The third-order valence-electron chi connectivity index (χ3n) is 2.61. The fourth-order valence-electron chi connectivity index (χ4n) is 1.83. The van der Waals surface area contributed by atoms with Crippen molar-refractivity contribution in [3.63, 3.8) is 0 Å². The van der Waals surface area contributed by atoms with Gasteiger partial charge in [-0.3, -0.25) is 4.79 Å². The number of aryl methyl sites for hydroxylation is 2. The number of carbonyl (C=O) groups excluding carboxylic acids is 1. The number of phenols is 1. The molecule has 0 atom stereocenters. The second-order valence-corrected chi connectivity index (χ2v) is 4.01. The SMILES string of the molecule is CCCc1cc(O)ccc1CCC(=O)OCC. The van der Waals surface area contributed by atoms with Gasteiger partial charge in [0.05, 0.1) is 6.61 Å². The Labute approximate surface area is 102 Å². The van der Waals surface area contributed by atoms with Crippen LogP contribution in [-0.2, 0) is 22.4 Å². The summed E-state index contributed by atoms with van der Waals surface area (Å²) in [6.45, 7) is 4.33. The highest BCUT2D eigenvalue weighted by atomic mass is 16.5. The molecule has 0 saturated heterocycles. The molecule has 0 fully saturated rings. The topological polar surface area (TPSA) is 46.5 Å². The average molecular weight is 236 g/mol. The third kappa shape index (κ3) is 4.47. The summed E-state index contributed by atoms with van der Waals surface area (Å²) in [6.07, 6.45) is 3.02. The van der Waals surface area contributed by atoms with Crippen LogP contribution in [0.5, 0.6) is 5.75 Å². The van der Waals surface area contributed by atoms with Crippen LogP contribution in [0.3, 0.4) is 0 Å². The van der Waals surface area contributed by atoms with Crippen LogP contribution in [0.2, 0.25) is 0 Å². The average Bonchev–Trinajstić information content (AvgIpc) is 2.29. The van der Waals surface area contributed by atoms with E-state index >= 15 is 0 Å². The fourth-order valence-corrected chi connectivity index (χ4v) is 1.83. The number of aromatic hydroxyl groups is 1. The Hall–Kier alpha value is -1.51. The Morgan fingerprint density at radius 3 is 2.65 bits per heavy atom. The minimum absolute atomic E-state index is 0.164. The standard InChI is InChI=1S/C14H20O3/c1-3-5-12-10-13(15)8-6-11(12)7-9-14(16)17-4-2/h6,8,10,15H,3-5,7,9H2,1-2H3. The normalized spacial score (nSPS) is 10.2. The molecule has 1 aromatic carbocycles. The van der Waals surface area contributed by atoms with Gasteiger partial charge in [0, 0.05) is 6.42 Å². The number of hydrogen-bond acceptors (Lipinski definition) is 3. The van der Waals surface area contributed by atoms with Crippen molar-refractivity contribution in [2.24, 2.45) is 0 Å². The number of phenolic OH excluding ortho intramolecular Hbond substituents is 1. The van der Waals surface area contributed by atoms with E-state index in [1.165, 1.54) is 0 Å². The van der Waals surface area contributed by atoms with E-state index in [9.17, 15) is 9.90 Å². The first-order valence-corrected chi connectivity index (χ1v) is 6.13. The van der Waals surface area contributed by atoms with Crippen molar-refractivity contribution < 1.29 is 14.6 Å². The summed E-state index contributed by atoms with van der Waals surface area (Å²) >= 11 is 0. The first-order valence-electron chi connectivity index (χ1n) is 6.13. The molecule has 0 saturated carbocycles. The lowest BCUT2D eigenvalue weighted by atomic mass is 9.99. The van der Waals surface area contributed by atoms with Crippen molar-refractivity contribution in [1.82, 2.24) is 0 Å². The largest absolute Gasteiger partial charge is 0.508 e. The first kappa shape index (κ1) is 13.6. The van der Waals surface area contributed by atoms with Crippen molar-refractivity contribution in [2.75, 3.05) is 6.61 Å². The van der Waals surface area contributed by atoms with Crippen LogP contribution in [0.25, 0.3) is 0 Å². The van der Waals surface area contributed by atoms with Crippen molar-refractivity contribution in [3.05, 3.63) is 29.3 Å². The molecule has 0 aliphatic carbocycles. The van der Waals surface area contributed by atoms with Crippen LogP contribution in [0, 0.1) is 0 Å². The molecule has 1 N–H and O–H groups in total. The van der Waals surface area contributed by atoms with Crippen molar-refractivity contribution in [1.29, 1.82) is 0 Å². The van der Waals surface area contributed by atoms with Gasteiger partial charge in [0.25, 0.3) is 0 Å². The molecule has 94 valence electrons. The third-order valence-corrected chi connectivity index (χ3v) is 2.61. The van der Waals surface area contributed by atoms with Gasteiger partial charge in [-0.05, 0) is 43.0 Å². The van der Waals surface area contributed by atoms with Gasteiger partial charge in [0.2, 0.25) is 0 Å². The molecule has 0 aliphatic heterocycles. The fraction of sp³-hybridized carbons (Fsp3) is 0.500. The van der Waals surface area contributed by atoms with E-state index in [0.29, 0.717) is 19.4 Å². The lowest BCUT2D eigenvalue weighted by Gasteiger charge is -2.09. The van der Waals surface area contributed by atoms with E-state index in [-0.39, 0.29) is 11.7 Å². The molecule has 0 spiro atoms. The Bertz CT molecular complexity index is 372. The quantitative estimate of drug-likeness (QED) is 0.772. The molecule has 0 heterocycles. The van der Waals surface area contributed by atoms with E-state index in [4.69, 9.17) is 4.74 Å². The number of ether oxygens (including phenoxy) is 1. The van der Waals surface area contributed by atoms with Crippen LogP contribution in [-0.4, -0.2) is 17.7 Å². The summed E-state index contributed by atoms with van der Waals surface area (Å²) in [6, 6.07) is 5.34. The molecule has 0 aromatic heterocycles. The highest BCUT2D eigenvalue weighted by Gasteiger charge is 2.07. The molecule has 17 heavy (non-hydrogen) atoms. The highest BCUT2D eigenvalue weighted by Crippen LogP contribution is 2.19. The molecule has 3 heteroatoms. The second kappa shape index (κ2) is 6.94. The van der Waals surface area contributed by atoms with Gasteiger partial charge in [0.15, 0.2) is 0 Å². The van der Waals surface area contributed by atoms with Crippen LogP contribution in [0.4, 0.5) is 0 Å². The number of rotatable bonds is 6. The maximum Gasteiger partial charge on any atom is 0.306 e. The van der Waals surface area contributed by atoms with Gasteiger partial charge < -0.3 is 9.84 Å². The van der Waals surface area contributed by atoms with Gasteiger partial charge in [-0.1, -0.05) is 19.4 Å². The van der Waals surface area contributed by atoms with Crippen LogP contribution < -0.4 is 0 Å². The van der Waals surface area contributed by atoms with Crippen LogP contribution in [0.15, 0.2) is 18.2 Å². The Kier molecular flexibility index (Phi) is 5.53. The molecule has 0 amide bonds. The maximum atomic E-state index is 11.3. The van der Waals surface area contributed by atoms with Crippen molar-refractivity contribution in [2.45, 2.75) is 39.5 Å². The van der Waals surface area contributed by atoms with Crippen LogP contribution >= 0.6 is 0 Å². The summed E-state index contributed by atoms with van der Waals surface area (Å²) < 4.78 is 4.90. The highest BCUT2D eigenvalue weighted by molar-refractivity contribution is 5.69. The van der Waals surface area contributed by atoms with Crippen LogP contribution in [0.1, 0.15) is 37.8 Å². The summed E-state index contributed by atoms with van der Waals surface area (Å²) in [5, 5.41) is 9.43. The second-order valence-electron chi connectivity index (χ2n) is 4.01. The lowest BCUT2D eigenvalue weighted by molar-refractivity contribution is -0.143. The predicted octanol–water partition coefficient (Wildman–Crippen LogP) is 2.84. The van der Waals surface area contributed by atoms with E-state index in [0.717, 1.165) is 24.0 Å². The van der Waals surface area contributed by atoms with Gasteiger partial charge in [-0.15, -0.1) is 0 Å². The summed E-state index contributed by atoms with van der Waals surface area (Å²) in [7, 11) is 0. The number of hydrogen-bond donors (Lipinski definition) is 1. The van der Waals surface area contributed by atoms with Gasteiger partial charge in [0.1, 0.15) is 5.75 Å². The molecular formula is C14H20O3. The molecule has 0 bridgehead atoms. The summed E-state index contributed by atoms with van der Waals surface area (Å²) in [4.78, 5) is 11.3. The van der Waals surface area contributed by atoms with E-state index in [2.05, 4.69) is 6.92 Å². The molecule has 1 rings (SSSR count). The molecule has 0 radical (unpaired) electrons. The number of esters is 1. The summed E-state index contributed by atoms with van der Waals surface area (Å²) in [5.41, 5.74) is 2.24. The van der Waals surface area contributed by atoms with E-state index in [1.54, 1.807) is 19.1 Å². The molecule has 0 aliphatic rings. The minimum Gasteiger partial charge on any atom is -0.508 e. The molecule has 0 unspecified atom stereocenters. The number of carbonyl (C=O) groups is 1.